The van der Waals surface area contributed by atoms with Crippen molar-refractivity contribution in [2.24, 2.45) is 11.1 Å². The molecule has 27 heavy (non-hydrogen) atoms. The van der Waals surface area contributed by atoms with E-state index in [0.29, 0.717) is 0 Å². The quantitative estimate of drug-likeness (QED) is 0.807. The number of nitriles is 2. The van der Waals surface area contributed by atoms with Gasteiger partial charge in [0.2, 0.25) is 5.91 Å². The fraction of sp³-hybridized carbons (Fsp3) is 0.190. The fourth-order valence-corrected chi connectivity index (χ4v) is 4.63. The van der Waals surface area contributed by atoms with Crippen LogP contribution in [-0.4, -0.2) is 16.8 Å². The minimum absolute atomic E-state index is 0.552. The van der Waals surface area contributed by atoms with Crippen molar-refractivity contribution < 1.29 is 4.79 Å². The number of carbonyl (C=O) groups excluding carboxylic acids is 1. The van der Waals surface area contributed by atoms with Crippen LogP contribution in [0.15, 0.2) is 59.2 Å². The van der Waals surface area contributed by atoms with Crippen LogP contribution < -0.4 is 5.73 Å². The summed E-state index contributed by atoms with van der Waals surface area (Å²) < 4.78 is 0.877. The molecule has 2 aromatic rings. The summed E-state index contributed by atoms with van der Waals surface area (Å²) in [6.45, 7) is 0. The third kappa shape index (κ3) is 2.38. The van der Waals surface area contributed by atoms with Crippen LogP contribution in [0.3, 0.4) is 0 Å². The Morgan fingerprint density at radius 2 is 1.78 bits per heavy atom. The van der Waals surface area contributed by atoms with Gasteiger partial charge in [-0.05, 0) is 34.9 Å². The largest absolute Gasteiger partial charge is 0.368 e. The maximum Gasteiger partial charge on any atom is 0.240 e. The second-order valence-corrected chi connectivity index (χ2v) is 7.68. The molecule has 0 unspecified atom stereocenters. The van der Waals surface area contributed by atoms with E-state index in [1.54, 1.807) is 11.1 Å². The number of carbonyl (C=O) groups is 1. The van der Waals surface area contributed by atoms with E-state index in [9.17, 15) is 15.3 Å². The number of rotatable bonds is 2. The average molecular weight is 419 g/mol. The van der Waals surface area contributed by atoms with E-state index < -0.39 is 29.3 Å². The number of nitrogens with two attached hydrogens (primary N) is 1. The number of nitrogens with zero attached hydrogens (tertiary/aromatic N) is 3. The minimum Gasteiger partial charge on any atom is -0.368 e. The SMILES string of the molecule is N#CC1(C#N)[C@H](c2ccc(Br)cc2)[C@H](C(N)=O)N2C=Cc3ccccc3[C@@H]21. The molecule has 2 aliphatic rings. The molecule has 1 saturated heterocycles. The molecule has 1 fully saturated rings. The van der Waals surface area contributed by atoms with Crippen molar-refractivity contribution in [3.63, 3.8) is 0 Å². The number of halogens is 1. The van der Waals surface area contributed by atoms with Gasteiger partial charge in [0.25, 0.3) is 0 Å². The van der Waals surface area contributed by atoms with Crippen LogP contribution in [0.25, 0.3) is 6.08 Å². The summed E-state index contributed by atoms with van der Waals surface area (Å²) in [6.07, 6.45) is 3.68. The Labute approximate surface area is 165 Å². The molecule has 0 saturated carbocycles. The van der Waals surface area contributed by atoms with Crippen LogP contribution in [0, 0.1) is 28.1 Å². The Bertz CT molecular complexity index is 1020. The van der Waals surface area contributed by atoms with Gasteiger partial charge in [0, 0.05) is 16.6 Å². The molecule has 1 amide bonds. The molecule has 2 aliphatic heterocycles. The van der Waals surface area contributed by atoms with E-state index in [-0.39, 0.29) is 0 Å². The summed E-state index contributed by atoms with van der Waals surface area (Å²) in [5.41, 5.74) is 6.86. The highest BCUT2D eigenvalue weighted by atomic mass is 79.9. The average Bonchev–Trinajstić information content (AvgIpc) is 3.00. The monoisotopic (exact) mass is 418 g/mol. The standard InChI is InChI=1S/C21H15BrN4O/c22-15-7-5-14(6-8-15)17-18(20(25)27)26-10-9-13-3-1-2-4-16(13)19(26)21(17,11-23)12-24/h1-10,17-19H,(H2,25,27)/t17-,18-,19-/m1/s1. The van der Waals surface area contributed by atoms with Gasteiger partial charge in [-0.15, -0.1) is 0 Å². The van der Waals surface area contributed by atoms with Gasteiger partial charge in [-0.2, -0.15) is 10.5 Å². The number of amides is 1. The van der Waals surface area contributed by atoms with Crippen molar-refractivity contribution >= 4 is 27.9 Å². The minimum atomic E-state index is -1.45. The number of hydrogen-bond acceptors (Lipinski definition) is 4. The van der Waals surface area contributed by atoms with Gasteiger partial charge >= 0.3 is 0 Å². The van der Waals surface area contributed by atoms with Crippen LogP contribution >= 0.6 is 15.9 Å². The zero-order valence-corrected chi connectivity index (χ0v) is 15.8. The Morgan fingerprint density at radius 3 is 2.41 bits per heavy atom. The van der Waals surface area contributed by atoms with Gasteiger partial charge in [0.05, 0.1) is 18.2 Å². The first-order valence-corrected chi connectivity index (χ1v) is 9.24. The van der Waals surface area contributed by atoms with Gasteiger partial charge < -0.3 is 10.6 Å². The lowest BCUT2D eigenvalue weighted by Gasteiger charge is -2.34. The van der Waals surface area contributed by atoms with Gasteiger partial charge in [0.15, 0.2) is 5.41 Å². The Morgan fingerprint density at radius 1 is 1.11 bits per heavy atom. The third-order valence-electron chi connectivity index (χ3n) is 5.46. The van der Waals surface area contributed by atoms with Gasteiger partial charge in [0.1, 0.15) is 6.04 Å². The number of hydrogen-bond donors (Lipinski definition) is 1. The highest BCUT2D eigenvalue weighted by Gasteiger charge is 2.63. The van der Waals surface area contributed by atoms with Gasteiger partial charge in [-0.25, -0.2) is 0 Å². The van der Waals surface area contributed by atoms with E-state index >= 15 is 0 Å². The summed E-state index contributed by atoms with van der Waals surface area (Å²) >= 11 is 3.40. The van der Waals surface area contributed by atoms with Crippen molar-refractivity contribution in [1.82, 2.24) is 4.90 Å². The summed E-state index contributed by atoms with van der Waals surface area (Å²) in [5, 5.41) is 20.4. The first kappa shape index (κ1) is 17.3. The van der Waals surface area contributed by atoms with E-state index in [0.717, 1.165) is 21.2 Å². The van der Waals surface area contributed by atoms with Crippen LogP contribution in [0.5, 0.6) is 0 Å². The summed E-state index contributed by atoms with van der Waals surface area (Å²) in [7, 11) is 0. The molecular weight excluding hydrogens is 404 g/mol. The second kappa shape index (κ2) is 6.26. The Kier molecular flexibility index (Phi) is 4.02. The second-order valence-electron chi connectivity index (χ2n) is 6.76. The molecule has 132 valence electrons. The molecule has 2 heterocycles. The van der Waals surface area contributed by atoms with E-state index in [1.807, 2.05) is 54.6 Å². The van der Waals surface area contributed by atoms with Gasteiger partial charge in [-0.1, -0.05) is 52.3 Å². The zero-order chi connectivity index (χ0) is 19.2. The molecule has 0 radical (unpaired) electrons. The smallest absolute Gasteiger partial charge is 0.240 e. The lowest BCUT2D eigenvalue weighted by Crippen LogP contribution is -2.41. The molecule has 2 N–H and O–H groups in total. The molecule has 6 heteroatoms. The predicted octanol–water partition coefficient (Wildman–Crippen LogP) is 3.46. The predicted molar refractivity (Wildman–Crippen MR) is 104 cm³/mol. The topological polar surface area (TPSA) is 93.9 Å². The molecule has 0 spiro atoms. The molecule has 2 aromatic carbocycles. The molecule has 0 aromatic heterocycles. The molecule has 3 atom stereocenters. The van der Waals surface area contributed by atoms with Crippen molar-refractivity contribution in [2.45, 2.75) is 18.0 Å². The van der Waals surface area contributed by atoms with Crippen molar-refractivity contribution in [1.29, 1.82) is 10.5 Å². The molecule has 0 bridgehead atoms. The third-order valence-corrected chi connectivity index (χ3v) is 5.99. The van der Waals surface area contributed by atoms with E-state index in [2.05, 4.69) is 28.1 Å². The Balaban J connectivity index is 2.00. The van der Waals surface area contributed by atoms with Crippen molar-refractivity contribution in [3.05, 3.63) is 75.9 Å². The first-order valence-electron chi connectivity index (χ1n) is 8.45. The number of fused-ring (bicyclic) bond motifs is 3. The zero-order valence-electron chi connectivity index (χ0n) is 14.2. The van der Waals surface area contributed by atoms with Crippen molar-refractivity contribution in [3.8, 4) is 12.1 Å². The van der Waals surface area contributed by atoms with Crippen LogP contribution in [0.2, 0.25) is 0 Å². The first-order chi connectivity index (χ1) is 13.0. The highest BCUT2D eigenvalue weighted by molar-refractivity contribution is 9.10. The Hall–Kier alpha value is -3.09. The van der Waals surface area contributed by atoms with E-state index in [1.165, 1.54) is 0 Å². The van der Waals surface area contributed by atoms with E-state index in [4.69, 9.17) is 5.73 Å². The normalized spacial score (nSPS) is 24.4. The fourth-order valence-electron chi connectivity index (χ4n) is 4.36. The molecule has 0 aliphatic carbocycles. The van der Waals surface area contributed by atoms with Crippen LogP contribution in [0.1, 0.15) is 28.7 Å². The van der Waals surface area contributed by atoms with Crippen LogP contribution in [0.4, 0.5) is 0 Å². The van der Waals surface area contributed by atoms with Crippen LogP contribution in [-0.2, 0) is 4.79 Å². The summed E-state index contributed by atoms with van der Waals surface area (Å²) in [6, 6.07) is 18.1. The molecule has 4 rings (SSSR count). The maximum atomic E-state index is 12.5. The molecular formula is C21H15BrN4O. The lowest BCUT2D eigenvalue weighted by atomic mass is 9.68. The number of primary amides is 1. The summed E-state index contributed by atoms with van der Waals surface area (Å²) in [4.78, 5) is 14.2. The highest BCUT2D eigenvalue weighted by Crippen LogP contribution is 2.59. The van der Waals surface area contributed by atoms with Gasteiger partial charge in [-0.3, -0.25) is 4.79 Å². The lowest BCUT2D eigenvalue weighted by molar-refractivity contribution is -0.122. The van der Waals surface area contributed by atoms with Crippen molar-refractivity contribution in [2.75, 3.05) is 0 Å². The summed E-state index contributed by atoms with van der Waals surface area (Å²) in [5.74, 6) is -1.22. The molecule has 5 nitrogen and oxygen atoms in total. The maximum absolute atomic E-state index is 12.5. The number of benzene rings is 2.